The first-order chi connectivity index (χ1) is 9.49. The highest BCUT2D eigenvalue weighted by molar-refractivity contribution is 6.30. The molecule has 2 unspecified atom stereocenters. The van der Waals surface area contributed by atoms with Gasteiger partial charge in [0.15, 0.2) is 0 Å². The summed E-state index contributed by atoms with van der Waals surface area (Å²) in [5.74, 6) is -0.967. The van der Waals surface area contributed by atoms with Crippen LogP contribution in [0.3, 0.4) is 0 Å². The third-order valence-corrected chi connectivity index (χ3v) is 3.82. The van der Waals surface area contributed by atoms with Gasteiger partial charge in [-0.25, -0.2) is 9.59 Å². The number of hydrogen-bond donors (Lipinski definition) is 2. The minimum absolute atomic E-state index is 0.0196. The lowest BCUT2D eigenvalue weighted by Crippen LogP contribution is -2.47. The number of carboxylic acids is 1. The quantitative estimate of drug-likeness (QED) is 0.899. The SMILES string of the molecule is CC1CCN(C(=O)NCc2ccc(Cl)cc2)C1C(=O)O. The Morgan fingerprint density at radius 2 is 2.05 bits per heavy atom. The summed E-state index contributed by atoms with van der Waals surface area (Å²) in [4.78, 5) is 24.7. The number of halogens is 1. The predicted octanol–water partition coefficient (Wildman–Crippen LogP) is 2.34. The van der Waals surface area contributed by atoms with Gasteiger partial charge in [-0.15, -0.1) is 0 Å². The Kier molecular flexibility index (Phi) is 4.49. The number of likely N-dealkylation sites (tertiary alicyclic amines) is 1. The van der Waals surface area contributed by atoms with Gasteiger partial charge in [-0.2, -0.15) is 0 Å². The van der Waals surface area contributed by atoms with Crippen molar-refractivity contribution in [1.82, 2.24) is 10.2 Å². The molecule has 2 N–H and O–H groups in total. The summed E-state index contributed by atoms with van der Waals surface area (Å²) in [6, 6.07) is 6.08. The standard InChI is InChI=1S/C14H17ClN2O3/c1-9-6-7-17(12(9)13(18)19)14(20)16-8-10-2-4-11(15)5-3-10/h2-5,9,12H,6-8H2,1H3,(H,16,20)(H,18,19). The molecule has 0 saturated carbocycles. The predicted molar refractivity (Wildman–Crippen MR) is 75.6 cm³/mol. The molecule has 1 heterocycles. The number of hydrogen-bond acceptors (Lipinski definition) is 2. The van der Waals surface area contributed by atoms with Crippen molar-refractivity contribution < 1.29 is 14.7 Å². The molecule has 0 bridgehead atoms. The molecule has 1 aromatic rings. The molecule has 0 radical (unpaired) electrons. The van der Waals surface area contributed by atoms with Crippen LogP contribution in [0, 0.1) is 5.92 Å². The molecule has 0 spiro atoms. The second kappa shape index (κ2) is 6.13. The van der Waals surface area contributed by atoms with Crippen molar-refractivity contribution in [3.8, 4) is 0 Å². The van der Waals surface area contributed by atoms with E-state index in [1.807, 2.05) is 19.1 Å². The van der Waals surface area contributed by atoms with Crippen LogP contribution in [0.15, 0.2) is 24.3 Å². The molecular weight excluding hydrogens is 280 g/mol. The normalized spacial score (nSPS) is 21.8. The van der Waals surface area contributed by atoms with Crippen molar-refractivity contribution in [3.05, 3.63) is 34.9 Å². The maximum atomic E-state index is 12.1. The molecule has 1 aliphatic heterocycles. The van der Waals surface area contributed by atoms with Gasteiger partial charge in [0.25, 0.3) is 0 Å². The number of nitrogens with zero attached hydrogens (tertiary/aromatic N) is 1. The zero-order valence-electron chi connectivity index (χ0n) is 11.2. The first kappa shape index (κ1) is 14.7. The average Bonchev–Trinajstić information content (AvgIpc) is 2.80. The number of carboxylic acid groups (broad SMARTS) is 1. The number of rotatable bonds is 3. The highest BCUT2D eigenvalue weighted by Crippen LogP contribution is 2.24. The van der Waals surface area contributed by atoms with Gasteiger partial charge in [-0.3, -0.25) is 0 Å². The lowest BCUT2D eigenvalue weighted by atomic mass is 10.0. The molecule has 2 amide bonds. The number of carbonyl (C=O) groups excluding carboxylic acids is 1. The Labute approximate surface area is 122 Å². The topological polar surface area (TPSA) is 69.6 Å². The van der Waals surface area contributed by atoms with Crippen molar-refractivity contribution in [1.29, 1.82) is 0 Å². The first-order valence-electron chi connectivity index (χ1n) is 6.50. The van der Waals surface area contributed by atoms with Gasteiger partial charge in [0.2, 0.25) is 0 Å². The van der Waals surface area contributed by atoms with E-state index in [-0.39, 0.29) is 11.9 Å². The van der Waals surface area contributed by atoms with Crippen LogP contribution in [0.4, 0.5) is 4.79 Å². The molecule has 1 aliphatic rings. The van der Waals surface area contributed by atoms with Gasteiger partial charge in [0.05, 0.1) is 0 Å². The van der Waals surface area contributed by atoms with E-state index in [1.165, 1.54) is 4.90 Å². The maximum Gasteiger partial charge on any atom is 0.326 e. The van der Waals surface area contributed by atoms with E-state index in [0.717, 1.165) is 5.56 Å². The lowest BCUT2D eigenvalue weighted by Gasteiger charge is -2.23. The Morgan fingerprint density at radius 3 is 2.65 bits per heavy atom. The van der Waals surface area contributed by atoms with Crippen molar-refractivity contribution >= 4 is 23.6 Å². The maximum absolute atomic E-state index is 12.1. The molecule has 5 nitrogen and oxygen atoms in total. The molecule has 1 saturated heterocycles. The van der Waals surface area contributed by atoms with Crippen LogP contribution in [-0.2, 0) is 11.3 Å². The third-order valence-electron chi connectivity index (χ3n) is 3.57. The Hall–Kier alpha value is -1.75. The molecule has 1 aromatic carbocycles. The van der Waals surface area contributed by atoms with Gasteiger partial charge in [0.1, 0.15) is 6.04 Å². The van der Waals surface area contributed by atoms with E-state index < -0.39 is 12.0 Å². The van der Waals surface area contributed by atoms with E-state index >= 15 is 0 Å². The number of nitrogens with one attached hydrogen (secondary N) is 1. The summed E-state index contributed by atoms with van der Waals surface area (Å²) < 4.78 is 0. The smallest absolute Gasteiger partial charge is 0.326 e. The van der Waals surface area contributed by atoms with E-state index in [2.05, 4.69) is 5.32 Å². The Morgan fingerprint density at radius 1 is 1.40 bits per heavy atom. The van der Waals surface area contributed by atoms with Crippen LogP contribution in [0.2, 0.25) is 5.02 Å². The van der Waals surface area contributed by atoms with E-state index in [1.54, 1.807) is 12.1 Å². The summed E-state index contributed by atoms with van der Waals surface area (Å²) in [5, 5.41) is 12.6. The number of carbonyl (C=O) groups is 2. The molecule has 20 heavy (non-hydrogen) atoms. The van der Waals surface area contributed by atoms with E-state index in [4.69, 9.17) is 11.6 Å². The van der Waals surface area contributed by atoms with Crippen molar-refractivity contribution in [2.24, 2.45) is 5.92 Å². The Bertz CT molecular complexity index is 504. The second-order valence-corrected chi connectivity index (χ2v) is 5.46. The summed E-state index contributed by atoms with van der Waals surface area (Å²) >= 11 is 5.79. The highest BCUT2D eigenvalue weighted by Gasteiger charge is 2.39. The monoisotopic (exact) mass is 296 g/mol. The minimum atomic E-state index is -0.948. The van der Waals surface area contributed by atoms with Crippen molar-refractivity contribution in [3.63, 3.8) is 0 Å². The largest absolute Gasteiger partial charge is 0.480 e. The summed E-state index contributed by atoms with van der Waals surface area (Å²) in [6.45, 7) is 2.68. The van der Waals surface area contributed by atoms with Crippen molar-refractivity contribution in [2.45, 2.75) is 25.9 Å². The summed E-state index contributed by atoms with van der Waals surface area (Å²) in [7, 11) is 0. The van der Waals surface area contributed by atoms with Gasteiger partial charge < -0.3 is 15.3 Å². The molecular formula is C14H17ClN2O3. The first-order valence-corrected chi connectivity index (χ1v) is 6.88. The van der Waals surface area contributed by atoms with E-state index in [9.17, 15) is 14.7 Å². The fourth-order valence-corrected chi connectivity index (χ4v) is 2.56. The number of benzene rings is 1. The van der Waals surface area contributed by atoms with Crippen molar-refractivity contribution in [2.75, 3.05) is 6.54 Å². The lowest BCUT2D eigenvalue weighted by molar-refractivity contribution is -0.142. The van der Waals surface area contributed by atoms with Crippen LogP contribution in [0.25, 0.3) is 0 Å². The molecule has 2 rings (SSSR count). The summed E-state index contributed by atoms with van der Waals surface area (Å²) in [6.07, 6.45) is 0.714. The van der Waals surface area contributed by atoms with Crippen LogP contribution < -0.4 is 5.32 Å². The number of amides is 2. The number of urea groups is 1. The average molecular weight is 297 g/mol. The van der Waals surface area contributed by atoms with Crippen LogP contribution in [0.1, 0.15) is 18.9 Å². The molecule has 0 aliphatic carbocycles. The summed E-state index contributed by atoms with van der Waals surface area (Å²) in [5.41, 5.74) is 0.918. The zero-order valence-corrected chi connectivity index (χ0v) is 11.9. The fraction of sp³-hybridized carbons (Fsp3) is 0.429. The third kappa shape index (κ3) is 3.22. The second-order valence-electron chi connectivity index (χ2n) is 5.03. The molecule has 6 heteroatoms. The van der Waals surface area contributed by atoms with Gasteiger partial charge >= 0.3 is 12.0 Å². The fourth-order valence-electron chi connectivity index (χ4n) is 2.43. The van der Waals surface area contributed by atoms with Gasteiger partial charge in [0, 0.05) is 18.1 Å². The van der Waals surface area contributed by atoms with E-state index in [0.29, 0.717) is 24.5 Å². The molecule has 108 valence electrons. The van der Waals surface area contributed by atoms with Gasteiger partial charge in [-0.05, 0) is 30.0 Å². The van der Waals surface area contributed by atoms with Crippen LogP contribution >= 0.6 is 11.6 Å². The van der Waals surface area contributed by atoms with Crippen LogP contribution in [0.5, 0.6) is 0 Å². The Balaban J connectivity index is 1.94. The van der Waals surface area contributed by atoms with Crippen LogP contribution in [-0.4, -0.2) is 34.6 Å². The minimum Gasteiger partial charge on any atom is -0.480 e. The molecule has 2 atom stereocenters. The van der Waals surface area contributed by atoms with Gasteiger partial charge in [-0.1, -0.05) is 30.7 Å². The zero-order chi connectivity index (χ0) is 14.7. The highest BCUT2D eigenvalue weighted by atomic mass is 35.5. The molecule has 0 aromatic heterocycles. The molecule has 1 fully saturated rings. The number of aliphatic carboxylic acids is 1.